The first-order valence-corrected chi connectivity index (χ1v) is 11.3. The smallest absolute Gasteiger partial charge is 0.274 e. The van der Waals surface area contributed by atoms with Gasteiger partial charge >= 0.3 is 0 Å². The summed E-state index contributed by atoms with van der Waals surface area (Å²) in [5.74, 6) is 1.09. The molecule has 0 aromatic heterocycles. The van der Waals surface area contributed by atoms with Crippen molar-refractivity contribution in [3.05, 3.63) is 60.3 Å². The second kappa shape index (κ2) is 8.85. The molecule has 1 atom stereocenters. The number of thioether (sulfide) groups is 1. The number of anilines is 1. The highest BCUT2D eigenvalue weighted by atomic mass is 32.2. The van der Waals surface area contributed by atoms with Gasteiger partial charge in [0.1, 0.15) is 12.3 Å². The van der Waals surface area contributed by atoms with E-state index in [2.05, 4.69) is 23.1 Å². The van der Waals surface area contributed by atoms with Crippen molar-refractivity contribution in [1.29, 1.82) is 0 Å². The average molecular weight is 441 g/mol. The molecule has 0 radical (unpaired) electrons. The molecule has 0 aliphatic carbocycles. The SMILES string of the molecule is COc1cc(N2CCN3CC(Sc4ccccc4)C=C3C2=O)ccc1OCC(C)(C)O. The fraction of sp³-hybridized carbons (Fsp3) is 0.375. The zero-order valence-electron chi connectivity index (χ0n) is 18.1. The minimum Gasteiger partial charge on any atom is -0.493 e. The lowest BCUT2D eigenvalue weighted by Crippen LogP contribution is -2.47. The van der Waals surface area contributed by atoms with Gasteiger partial charge in [-0.05, 0) is 44.2 Å². The molecule has 0 spiro atoms. The summed E-state index contributed by atoms with van der Waals surface area (Å²) in [5.41, 5.74) is 0.595. The first-order chi connectivity index (χ1) is 14.8. The predicted octanol–water partition coefficient (Wildman–Crippen LogP) is 3.55. The zero-order valence-corrected chi connectivity index (χ0v) is 18.9. The molecule has 2 heterocycles. The van der Waals surface area contributed by atoms with E-state index >= 15 is 0 Å². The van der Waals surface area contributed by atoms with Crippen LogP contribution in [0.4, 0.5) is 5.69 Å². The summed E-state index contributed by atoms with van der Waals surface area (Å²) in [5, 5.41) is 10.2. The number of piperazine rings is 1. The maximum absolute atomic E-state index is 13.2. The van der Waals surface area contributed by atoms with Crippen LogP contribution < -0.4 is 14.4 Å². The molecule has 1 N–H and O–H groups in total. The van der Waals surface area contributed by atoms with E-state index in [9.17, 15) is 9.90 Å². The molecule has 7 heteroatoms. The van der Waals surface area contributed by atoms with Gasteiger partial charge in [0, 0.05) is 41.5 Å². The molecule has 6 nitrogen and oxygen atoms in total. The third-order valence-corrected chi connectivity index (χ3v) is 6.35. The van der Waals surface area contributed by atoms with Gasteiger partial charge in [0.15, 0.2) is 11.5 Å². The van der Waals surface area contributed by atoms with Crippen LogP contribution in [0.3, 0.4) is 0 Å². The van der Waals surface area contributed by atoms with E-state index in [-0.39, 0.29) is 17.8 Å². The highest BCUT2D eigenvalue weighted by molar-refractivity contribution is 8.00. The Labute approximate surface area is 187 Å². The van der Waals surface area contributed by atoms with Crippen LogP contribution in [-0.2, 0) is 4.79 Å². The van der Waals surface area contributed by atoms with Gasteiger partial charge in [-0.1, -0.05) is 18.2 Å². The lowest BCUT2D eigenvalue weighted by Gasteiger charge is -2.35. The monoisotopic (exact) mass is 440 g/mol. The number of rotatable bonds is 7. The van der Waals surface area contributed by atoms with Crippen LogP contribution in [0.2, 0.25) is 0 Å². The minimum absolute atomic E-state index is 0.00891. The van der Waals surface area contributed by atoms with E-state index in [1.54, 1.807) is 43.7 Å². The number of carbonyl (C=O) groups excluding carboxylic acids is 1. The van der Waals surface area contributed by atoms with E-state index in [4.69, 9.17) is 9.47 Å². The van der Waals surface area contributed by atoms with E-state index in [1.807, 2.05) is 30.3 Å². The number of benzene rings is 2. The van der Waals surface area contributed by atoms with Crippen molar-refractivity contribution in [2.75, 3.05) is 38.3 Å². The summed E-state index contributed by atoms with van der Waals surface area (Å²) in [6.07, 6.45) is 2.09. The molecular weight excluding hydrogens is 412 g/mol. The molecule has 0 saturated carbocycles. The maximum atomic E-state index is 13.2. The molecule has 2 aromatic rings. The molecule has 31 heavy (non-hydrogen) atoms. The van der Waals surface area contributed by atoms with Gasteiger partial charge in [-0.15, -0.1) is 11.8 Å². The van der Waals surface area contributed by atoms with Crippen LogP contribution in [-0.4, -0.2) is 60.1 Å². The van der Waals surface area contributed by atoms with Crippen molar-refractivity contribution >= 4 is 23.4 Å². The van der Waals surface area contributed by atoms with Gasteiger partial charge in [-0.2, -0.15) is 0 Å². The van der Waals surface area contributed by atoms with Gasteiger partial charge < -0.3 is 24.4 Å². The quantitative estimate of drug-likeness (QED) is 0.711. The number of aliphatic hydroxyl groups is 1. The molecule has 1 fully saturated rings. The van der Waals surface area contributed by atoms with Crippen LogP contribution >= 0.6 is 11.8 Å². The van der Waals surface area contributed by atoms with Gasteiger partial charge in [-0.3, -0.25) is 4.79 Å². The van der Waals surface area contributed by atoms with Crippen LogP contribution in [0, 0.1) is 0 Å². The molecule has 164 valence electrons. The van der Waals surface area contributed by atoms with Crippen molar-refractivity contribution < 1.29 is 19.4 Å². The number of ether oxygens (including phenoxy) is 2. The lowest BCUT2D eigenvalue weighted by atomic mass is 10.1. The van der Waals surface area contributed by atoms with Crippen molar-refractivity contribution in [2.24, 2.45) is 0 Å². The molecule has 2 aromatic carbocycles. The Kier molecular flexibility index (Phi) is 6.16. The number of nitrogens with zero attached hydrogens (tertiary/aromatic N) is 2. The second-order valence-corrected chi connectivity index (χ2v) is 9.67. The maximum Gasteiger partial charge on any atom is 0.274 e. The van der Waals surface area contributed by atoms with Crippen LogP contribution in [0.25, 0.3) is 0 Å². The van der Waals surface area contributed by atoms with E-state index < -0.39 is 5.60 Å². The summed E-state index contributed by atoms with van der Waals surface area (Å²) >= 11 is 1.79. The highest BCUT2D eigenvalue weighted by Crippen LogP contribution is 2.36. The van der Waals surface area contributed by atoms with E-state index in [1.165, 1.54) is 4.90 Å². The number of amides is 1. The summed E-state index contributed by atoms with van der Waals surface area (Å²) < 4.78 is 11.2. The van der Waals surface area contributed by atoms with Crippen LogP contribution in [0.1, 0.15) is 13.8 Å². The summed E-state index contributed by atoms with van der Waals surface area (Å²) in [6.45, 7) is 5.78. The molecule has 2 aliphatic rings. The molecule has 1 unspecified atom stereocenters. The zero-order chi connectivity index (χ0) is 22.0. The molecule has 1 amide bonds. The summed E-state index contributed by atoms with van der Waals surface area (Å²) in [7, 11) is 1.57. The number of hydrogen-bond acceptors (Lipinski definition) is 6. The Hall–Kier alpha value is -2.64. The fourth-order valence-corrected chi connectivity index (χ4v) is 4.83. The normalized spacial score (nSPS) is 18.6. The standard InChI is InChI=1S/C24H28N2O4S/c1-24(2,28)16-30-21-10-9-17(13-22(21)29-3)26-12-11-25-15-19(14-20(25)23(26)27)31-18-7-5-4-6-8-18/h4-10,13-14,19,28H,11-12,15-16H2,1-3H3. The molecule has 2 aliphatic heterocycles. The molecular formula is C24H28N2O4S. The Morgan fingerprint density at radius 3 is 2.61 bits per heavy atom. The van der Waals surface area contributed by atoms with Crippen molar-refractivity contribution in [3.8, 4) is 11.5 Å². The van der Waals surface area contributed by atoms with Crippen molar-refractivity contribution in [2.45, 2.75) is 29.6 Å². The number of fused-ring (bicyclic) bond motifs is 1. The van der Waals surface area contributed by atoms with Gasteiger partial charge in [0.25, 0.3) is 5.91 Å². The highest BCUT2D eigenvalue weighted by Gasteiger charge is 2.36. The fourth-order valence-electron chi connectivity index (χ4n) is 3.72. The van der Waals surface area contributed by atoms with E-state index in [0.29, 0.717) is 18.0 Å². The Balaban J connectivity index is 1.49. The first kappa shape index (κ1) is 21.6. The van der Waals surface area contributed by atoms with Crippen LogP contribution in [0.5, 0.6) is 11.5 Å². The average Bonchev–Trinajstić information content (AvgIpc) is 3.16. The van der Waals surface area contributed by atoms with Gasteiger partial charge in [0.05, 0.1) is 12.7 Å². The third-order valence-electron chi connectivity index (χ3n) is 5.21. The third kappa shape index (κ3) is 4.99. The summed E-state index contributed by atoms with van der Waals surface area (Å²) in [4.78, 5) is 18.4. The molecule has 4 rings (SSSR count). The number of methoxy groups -OCH3 is 1. The largest absolute Gasteiger partial charge is 0.493 e. The van der Waals surface area contributed by atoms with Gasteiger partial charge in [-0.25, -0.2) is 0 Å². The number of carbonyl (C=O) groups is 1. The first-order valence-electron chi connectivity index (χ1n) is 10.4. The lowest BCUT2D eigenvalue weighted by molar-refractivity contribution is -0.117. The second-order valence-electron chi connectivity index (χ2n) is 8.36. The molecule has 0 bridgehead atoms. The van der Waals surface area contributed by atoms with E-state index in [0.717, 1.165) is 24.5 Å². The Morgan fingerprint density at radius 2 is 1.90 bits per heavy atom. The van der Waals surface area contributed by atoms with Gasteiger partial charge in [0.2, 0.25) is 0 Å². The van der Waals surface area contributed by atoms with Crippen LogP contribution in [0.15, 0.2) is 65.2 Å². The van der Waals surface area contributed by atoms with Crippen molar-refractivity contribution in [1.82, 2.24) is 4.90 Å². The Bertz CT molecular complexity index is 971. The number of hydrogen-bond donors (Lipinski definition) is 1. The topological polar surface area (TPSA) is 62.2 Å². The van der Waals surface area contributed by atoms with Crippen molar-refractivity contribution in [3.63, 3.8) is 0 Å². The predicted molar refractivity (Wildman–Crippen MR) is 123 cm³/mol. The molecule has 1 saturated heterocycles. The summed E-state index contributed by atoms with van der Waals surface area (Å²) in [6, 6.07) is 15.7. The minimum atomic E-state index is -0.945. The Morgan fingerprint density at radius 1 is 1.13 bits per heavy atom.